The third-order valence-electron chi connectivity index (χ3n) is 2.96. The molecule has 0 aliphatic heterocycles. The molecule has 0 aromatic carbocycles. The summed E-state index contributed by atoms with van der Waals surface area (Å²) < 4.78 is 6.58. The van der Waals surface area contributed by atoms with Crippen LogP contribution in [-0.4, -0.2) is 16.7 Å². The molecule has 2 aromatic heterocycles. The summed E-state index contributed by atoms with van der Waals surface area (Å²) in [7, 11) is 0. The molecule has 5 heteroatoms. The molecule has 1 atom stereocenters. The Morgan fingerprint density at radius 3 is 2.79 bits per heavy atom. The van der Waals surface area contributed by atoms with Gasteiger partial charge in [-0.25, -0.2) is 0 Å². The maximum absolute atomic E-state index is 5.62. The normalized spacial score (nSPS) is 12.6. The number of hydrogen-bond acceptors (Lipinski definition) is 4. The molecule has 0 bridgehead atoms. The third kappa shape index (κ3) is 3.22. The minimum Gasteiger partial charge on any atom is -0.466 e. The van der Waals surface area contributed by atoms with E-state index in [-0.39, 0.29) is 6.04 Å². The van der Waals surface area contributed by atoms with E-state index >= 15 is 0 Å². The van der Waals surface area contributed by atoms with Gasteiger partial charge in [0, 0.05) is 5.56 Å². The lowest BCUT2D eigenvalue weighted by molar-refractivity contribution is 0.442. The highest BCUT2D eigenvalue weighted by molar-refractivity contribution is 9.10. The second-order valence-corrected chi connectivity index (χ2v) is 5.40. The van der Waals surface area contributed by atoms with Crippen molar-refractivity contribution in [1.29, 1.82) is 0 Å². The van der Waals surface area contributed by atoms with Crippen molar-refractivity contribution in [3.63, 3.8) is 0 Å². The maximum Gasteiger partial charge on any atom is 0.139 e. The van der Waals surface area contributed by atoms with Crippen LogP contribution >= 0.6 is 15.9 Å². The van der Waals surface area contributed by atoms with Crippen LogP contribution in [0.3, 0.4) is 0 Å². The van der Waals surface area contributed by atoms with E-state index < -0.39 is 0 Å². The fraction of sp³-hybridized carbons (Fsp3) is 0.429. The van der Waals surface area contributed by atoms with Crippen molar-refractivity contribution in [3.8, 4) is 0 Å². The largest absolute Gasteiger partial charge is 0.466 e. The van der Waals surface area contributed by atoms with Crippen LogP contribution in [0, 0.1) is 13.8 Å². The molecule has 102 valence electrons. The summed E-state index contributed by atoms with van der Waals surface area (Å²) in [6, 6.07) is 3.97. The third-order valence-corrected chi connectivity index (χ3v) is 3.61. The first-order chi connectivity index (χ1) is 9.13. The molecule has 1 unspecified atom stereocenters. The fourth-order valence-corrected chi connectivity index (χ4v) is 2.44. The molecule has 2 aromatic rings. The topological polar surface area (TPSA) is 51.0 Å². The average Bonchev–Trinajstić information content (AvgIpc) is 2.80. The summed E-state index contributed by atoms with van der Waals surface area (Å²) in [6.45, 7) is 6.98. The second kappa shape index (κ2) is 6.30. The van der Waals surface area contributed by atoms with Gasteiger partial charge in [-0.15, -0.1) is 0 Å². The summed E-state index contributed by atoms with van der Waals surface area (Å²) in [4.78, 5) is 0. The Kier molecular flexibility index (Phi) is 4.71. The first-order valence-electron chi connectivity index (χ1n) is 6.40. The van der Waals surface area contributed by atoms with E-state index in [1.165, 1.54) is 0 Å². The number of aromatic nitrogens is 2. The summed E-state index contributed by atoms with van der Waals surface area (Å²) in [5.41, 5.74) is 2.94. The van der Waals surface area contributed by atoms with E-state index in [0.717, 1.165) is 40.1 Å². The number of nitrogens with zero attached hydrogens (tertiary/aromatic N) is 2. The molecule has 19 heavy (non-hydrogen) atoms. The van der Waals surface area contributed by atoms with Gasteiger partial charge in [0.1, 0.15) is 5.76 Å². The molecule has 0 aliphatic carbocycles. The van der Waals surface area contributed by atoms with E-state index in [2.05, 4.69) is 44.4 Å². The quantitative estimate of drug-likeness (QED) is 0.914. The Balaban J connectivity index is 2.42. The van der Waals surface area contributed by atoms with Crippen LogP contribution in [0.1, 0.15) is 42.1 Å². The Morgan fingerprint density at radius 2 is 2.16 bits per heavy atom. The van der Waals surface area contributed by atoms with Crippen molar-refractivity contribution in [3.05, 3.63) is 45.6 Å². The van der Waals surface area contributed by atoms with Gasteiger partial charge in [-0.1, -0.05) is 6.92 Å². The second-order valence-electron chi connectivity index (χ2n) is 4.55. The highest BCUT2D eigenvalue weighted by Crippen LogP contribution is 2.30. The summed E-state index contributed by atoms with van der Waals surface area (Å²) in [5, 5.41) is 11.8. The molecule has 0 aliphatic rings. The number of hydrogen-bond donors (Lipinski definition) is 1. The van der Waals surface area contributed by atoms with Crippen LogP contribution in [0.15, 0.2) is 27.3 Å². The van der Waals surface area contributed by atoms with Gasteiger partial charge in [-0.3, -0.25) is 0 Å². The molecule has 0 saturated heterocycles. The lowest BCUT2D eigenvalue weighted by Crippen LogP contribution is -2.24. The first kappa shape index (κ1) is 14.2. The molecule has 0 saturated carbocycles. The van der Waals surface area contributed by atoms with Gasteiger partial charge in [0.2, 0.25) is 0 Å². The standard InChI is InChI=1S/C14H18BrN3O/c1-4-6-16-13(14-12(15)5-7-19-14)11-8-9(2)17-18-10(11)3/h5,7-8,13,16H,4,6H2,1-3H3. The molecular formula is C14H18BrN3O. The Labute approximate surface area is 121 Å². The van der Waals surface area contributed by atoms with Gasteiger partial charge in [-0.2, -0.15) is 10.2 Å². The Bertz CT molecular complexity index is 553. The molecule has 0 radical (unpaired) electrons. The minimum atomic E-state index is -0.00137. The van der Waals surface area contributed by atoms with Crippen molar-refractivity contribution in [2.45, 2.75) is 33.2 Å². The lowest BCUT2D eigenvalue weighted by Gasteiger charge is -2.19. The Morgan fingerprint density at radius 1 is 1.37 bits per heavy atom. The van der Waals surface area contributed by atoms with Crippen molar-refractivity contribution in [2.75, 3.05) is 6.54 Å². The molecule has 2 rings (SSSR count). The maximum atomic E-state index is 5.62. The summed E-state index contributed by atoms with van der Waals surface area (Å²) in [5.74, 6) is 0.879. The van der Waals surface area contributed by atoms with Gasteiger partial charge in [-0.05, 0) is 54.9 Å². The lowest BCUT2D eigenvalue weighted by atomic mass is 10.0. The smallest absolute Gasteiger partial charge is 0.139 e. The first-order valence-corrected chi connectivity index (χ1v) is 7.20. The van der Waals surface area contributed by atoms with E-state index in [0.29, 0.717) is 0 Å². The fourth-order valence-electron chi connectivity index (χ4n) is 2.01. The molecule has 2 heterocycles. The number of aryl methyl sites for hydroxylation is 2. The zero-order chi connectivity index (χ0) is 13.8. The highest BCUT2D eigenvalue weighted by atomic mass is 79.9. The van der Waals surface area contributed by atoms with Crippen LogP contribution < -0.4 is 5.32 Å². The summed E-state index contributed by atoms with van der Waals surface area (Å²) in [6.07, 6.45) is 2.75. The predicted molar refractivity (Wildman–Crippen MR) is 78.1 cm³/mol. The monoisotopic (exact) mass is 323 g/mol. The SMILES string of the molecule is CCCNC(c1cc(C)nnc1C)c1occc1Br. The van der Waals surface area contributed by atoms with E-state index in [4.69, 9.17) is 4.42 Å². The molecule has 0 amide bonds. The van der Waals surface area contributed by atoms with Crippen molar-refractivity contribution < 1.29 is 4.42 Å². The zero-order valence-electron chi connectivity index (χ0n) is 11.4. The zero-order valence-corrected chi connectivity index (χ0v) is 13.0. The van der Waals surface area contributed by atoms with Crippen molar-refractivity contribution >= 4 is 15.9 Å². The van der Waals surface area contributed by atoms with Gasteiger partial charge in [0.15, 0.2) is 0 Å². The molecule has 0 fully saturated rings. The van der Waals surface area contributed by atoms with Crippen LogP contribution in [0.2, 0.25) is 0 Å². The van der Waals surface area contributed by atoms with Gasteiger partial charge >= 0.3 is 0 Å². The Hall–Kier alpha value is -1.20. The van der Waals surface area contributed by atoms with E-state index in [9.17, 15) is 0 Å². The van der Waals surface area contributed by atoms with Gasteiger partial charge in [0.05, 0.1) is 28.2 Å². The van der Waals surface area contributed by atoms with Crippen molar-refractivity contribution in [2.24, 2.45) is 0 Å². The minimum absolute atomic E-state index is 0.00137. The average molecular weight is 324 g/mol. The van der Waals surface area contributed by atoms with Crippen LogP contribution in [0.5, 0.6) is 0 Å². The number of furan rings is 1. The van der Waals surface area contributed by atoms with Crippen LogP contribution in [0.25, 0.3) is 0 Å². The predicted octanol–water partition coefficient (Wildman–Crippen LogP) is 3.54. The molecule has 1 N–H and O–H groups in total. The number of halogens is 1. The van der Waals surface area contributed by atoms with Crippen LogP contribution in [0.4, 0.5) is 0 Å². The highest BCUT2D eigenvalue weighted by Gasteiger charge is 2.22. The van der Waals surface area contributed by atoms with Gasteiger partial charge < -0.3 is 9.73 Å². The van der Waals surface area contributed by atoms with Crippen molar-refractivity contribution in [1.82, 2.24) is 15.5 Å². The van der Waals surface area contributed by atoms with Crippen LogP contribution in [-0.2, 0) is 0 Å². The number of nitrogens with one attached hydrogen (secondary N) is 1. The van der Waals surface area contributed by atoms with E-state index in [1.54, 1.807) is 6.26 Å². The molecular weight excluding hydrogens is 306 g/mol. The summed E-state index contributed by atoms with van der Waals surface area (Å²) >= 11 is 3.53. The number of rotatable bonds is 5. The molecule has 4 nitrogen and oxygen atoms in total. The van der Waals surface area contributed by atoms with E-state index in [1.807, 2.05) is 19.9 Å². The van der Waals surface area contributed by atoms with Gasteiger partial charge in [0.25, 0.3) is 0 Å². The molecule has 0 spiro atoms.